The van der Waals surface area contributed by atoms with Gasteiger partial charge in [0.05, 0.1) is 0 Å². The first kappa shape index (κ1) is 12.6. The molecule has 0 N–H and O–H groups in total. The Kier molecular flexibility index (Phi) is 3.99. The summed E-state index contributed by atoms with van der Waals surface area (Å²) in [6.07, 6.45) is 2.12. The SMILES string of the molecule is CCCN(C)S(=O)(=O)c1cccnc1C#N. The maximum absolute atomic E-state index is 12.0. The third kappa shape index (κ3) is 2.38. The quantitative estimate of drug-likeness (QED) is 0.785. The summed E-state index contributed by atoms with van der Waals surface area (Å²) in [5.74, 6) is 0. The fourth-order valence-electron chi connectivity index (χ4n) is 1.29. The molecule has 6 heteroatoms. The van der Waals surface area contributed by atoms with Gasteiger partial charge in [-0.05, 0) is 18.6 Å². The molecule has 0 aliphatic rings. The molecular formula is C10H13N3O2S. The Morgan fingerprint density at radius 1 is 1.56 bits per heavy atom. The molecule has 1 heterocycles. The lowest BCUT2D eigenvalue weighted by atomic mass is 10.4. The van der Waals surface area contributed by atoms with E-state index in [1.54, 1.807) is 6.07 Å². The zero-order valence-corrected chi connectivity index (χ0v) is 10.0. The molecular weight excluding hydrogens is 226 g/mol. The molecule has 86 valence electrons. The Morgan fingerprint density at radius 2 is 2.25 bits per heavy atom. The van der Waals surface area contributed by atoms with E-state index in [0.29, 0.717) is 6.54 Å². The fraction of sp³-hybridized carbons (Fsp3) is 0.400. The van der Waals surface area contributed by atoms with Crippen molar-refractivity contribution in [2.75, 3.05) is 13.6 Å². The summed E-state index contributed by atoms with van der Waals surface area (Å²) in [5.41, 5.74) is -0.0644. The van der Waals surface area contributed by atoms with Gasteiger partial charge in [0.2, 0.25) is 10.0 Å². The van der Waals surface area contributed by atoms with Crippen LogP contribution in [-0.4, -0.2) is 31.3 Å². The van der Waals surface area contributed by atoms with Gasteiger partial charge in [-0.2, -0.15) is 5.26 Å². The molecule has 0 fully saturated rings. The van der Waals surface area contributed by atoms with Crippen LogP contribution in [0.15, 0.2) is 23.2 Å². The molecule has 0 bridgehead atoms. The Hall–Kier alpha value is -1.45. The molecule has 0 atom stereocenters. The van der Waals surface area contributed by atoms with Gasteiger partial charge in [-0.25, -0.2) is 17.7 Å². The molecule has 0 saturated heterocycles. The van der Waals surface area contributed by atoms with E-state index in [1.807, 2.05) is 6.92 Å². The first-order valence-electron chi connectivity index (χ1n) is 4.85. The van der Waals surface area contributed by atoms with Gasteiger partial charge in [0.15, 0.2) is 5.69 Å². The molecule has 1 rings (SSSR count). The summed E-state index contributed by atoms with van der Waals surface area (Å²) >= 11 is 0. The number of hydrogen-bond donors (Lipinski definition) is 0. The van der Waals surface area contributed by atoms with Crippen molar-refractivity contribution < 1.29 is 8.42 Å². The van der Waals surface area contributed by atoms with Crippen LogP contribution in [0.4, 0.5) is 0 Å². The van der Waals surface area contributed by atoms with Crippen LogP contribution in [0.5, 0.6) is 0 Å². The molecule has 0 amide bonds. The highest BCUT2D eigenvalue weighted by atomic mass is 32.2. The lowest BCUT2D eigenvalue weighted by Crippen LogP contribution is -2.28. The van der Waals surface area contributed by atoms with E-state index in [1.165, 1.54) is 29.7 Å². The monoisotopic (exact) mass is 239 g/mol. The van der Waals surface area contributed by atoms with Gasteiger partial charge in [-0.3, -0.25) is 0 Å². The normalized spacial score (nSPS) is 11.4. The van der Waals surface area contributed by atoms with Crippen molar-refractivity contribution >= 4 is 10.0 Å². The maximum Gasteiger partial charge on any atom is 0.245 e. The Morgan fingerprint density at radius 3 is 2.81 bits per heavy atom. The van der Waals surface area contributed by atoms with Crippen LogP contribution in [0.25, 0.3) is 0 Å². The lowest BCUT2D eigenvalue weighted by Gasteiger charge is -2.16. The van der Waals surface area contributed by atoms with E-state index in [-0.39, 0.29) is 10.6 Å². The molecule has 0 unspecified atom stereocenters. The van der Waals surface area contributed by atoms with E-state index in [0.717, 1.165) is 6.42 Å². The van der Waals surface area contributed by atoms with Crippen molar-refractivity contribution in [3.8, 4) is 6.07 Å². The lowest BCUT2D eigenvalue weighted by molar-refractivity contribution is 0.468. The predicted molar refractivity (Wildman–Crippen MR) is 59.1 cm³/mol. The van der Waals surface area contributed by atoms with E-state index >= 15 is 0 Å². The molecule has 16 heavy (non-hydrogen) atoms. The smallest absolute Gasteiger partial charge is 0.244 e. The molecule has 5 nitrogen and oxygen atoms in total. The zero-order valence-electron chi connectivity index (χ0n) is 9.21. The molecule has 0 radical (unpaired) electrons. The van der Waals surface area contributed by atoms with Crippen LogP contribution >= 0.6 is 0 Å². The minimum absolute atomic E-state index is 0.0338. The van der Waals surface area contributed by atoms with E-state index in [4.69, 9.17) is 5.26 Å². The topological polar surface area (TPSA) is 74.1 Å². The highest BCUT2D eigenvalue weighted by Crippen LogP contribution is 2.16. The molecule has 1 aromatic heterocycles. The van der Waals surface area contributed by atoms with Crippen LogP contribution in [0.1, 0.15) is 19.0 Å². The first-order valence-corrected chi connectivity index (χ1v) is 6.29. The molecule has 0 aliphatic carbocycles. The summed E-state index contributed by atoms with van der Waals surface area (Å²) in [5, 5.41) is 8.80. The molecule has 0 spiro atoms. The summed E-state index contributed by atoms with van der Waals surface area (Å²) in [6.45, 7) is 2.31. The van der Waals surface area contributed by atoms with Crippen molar-refractivity contribution in [2.45, 2.75) is 18.2 Å². The number of aromatic nitrogens is 1. The molecule has 0 aromatic carbocycles. The van der Waals surface area contributed by atoms with E-state index in [2.05, 4.69) is 4.98 Å². The molecule has 1 aromatic rings. The van der Waals surface area contributed by atoms with Crippen LogP contribution in [0.3, 0.4) is 0 Å². The number of rotatable bonds is 4. The number of nitrogens with zero attached hydrogens (tertiary/aromatic N) is 3. The van der Waals surface area contributed by atoms with Crippen LogP contribution in [0, 0.1) is 11.3 Å². The minimum Gasteiger partial charge on any atom is -0.244 e. The summed E-state index contributed by atoms with van der Waals surface area (Å²) in [4.78, 5) is 3.71. The Balaban J connectivity index is 3.23. The van der Waals surface area contributed by atoms with Gasteiger partial charge in [-0.15, -0.1) is 0 Å². The van der Waals surface area contributed by atoms with Gasteiger partial charge in [-0.1, -0.05) is 6.92 Å². The third-order valence-corrected chi connectivity index (χ3v) is 3.99. The van der Waals surface area contributed by atoms with Crippen molar-refractivity contribution in [3.63, 3.8) is 0 Å². The first-order chi connectivity index (χ1) is 7.54. The van der Waals surface area contributed by atoms with E-state index in [9.17, 15) is 8.42 Å². The second kappa shape index (κ2) is 5.05. The third-order valence-electron chi connectivity index (χ3n) is 2.10. The Bertz CT molecular complexity index is 505. The Labute approximate surface area is 95.4 Å². The molecule has 0 saturated carbocycles. The summed E-state index contributed by atoms with van der Waals surface area (Å²) in [6, 6.07) is 4.69. The molecule has 0 aliphatic heterocycles. The second-order valence-corrected chi connectivity index (χ2v) is 5.30. The average Bonchev–Trinajstić information content (AvgIpc) is 2.29. The van der Waals surface area contributed by atoms with Gasteiger partial charge in [0.1, 0.15) is 11.0 Å². The minimum atomic E-state index is -3.60. The van der Waals surface area contributed by atoms with Crippen molar-refractivity contribution in [3.05, 3.63) is 24.0 Å². The summed E-state index contributed by atoms with van der Waals surface area (Å²) in [7, 11) is -2.10. The summed E-state index contributed by atoms with van der Waals surface area (Å²) < 4.78 is 25.3. The van der Waals surface area contributed by atoms with Crippen molar-refractivity contribution in [2.24, 2.45) is 0 Å². The highest BCUT2D eigenvalue weighted by Gasteiger charge is 2.23. The number of pyridine rings is 1. The van der Waals surface area contributed by atoms with Gasteiger partial charge in [0.25, 0.3) is 0 Å². The van der Waals surface area contributed by atoms with Crippen LogP contribution in [0.2, 0.25) is 0 Å². The van der Waals surface area contributed by atoms with E-state index < -0.39 is 10.0 Å². The van der Waals surface area contributed by atoms with Crippen LogP contribution < -0.4 is 0 Å². The maximum atomic E-state index is 12.0. The van der Waals surface area contributed by atoms with Crippen LogP contribution in [-0.2, 0) is 10.0 Å². The van der Waals surface area contributed by atoms with Crippen molar-refractivity contribution in [1.29, 1.82) is 5.26 Å². The number of sulfonamides is 1. The number of nitriles is 1. The second-order valence-electron chi connectivity index (χ2n) is 3.29. The standard InChI is InChI=1S/C10H13N3O2S/c1-3-7-13(2)16(14,15)10-5-4-6-12-9(10)8-11/h4-6H,3,7H2,1-2H3. The number of hydrogen-bond acceptors (Lipinski definition) is 4. The van der Waals surface area contributed by atoms with Gasteiger partial charge < -0.3 is 0 Å². The van der Waals surface area contributed by atoms with Gasteiger partial charge >= 0.3 is 0 Å². The van der Waals surface area contributed by atoms with Gasteiger partial charge in [0, 0.05) is 19.8 Å². The van der Waals surface area contributed by atoms with Crippen molar-refractivity contribution in [1.82, 2.24) is 9.29 Å². The highest BCUT2D eigenvalue weighted by molar-refractivity contribution is 7.89. The predicted octanol–water partition coefficient (Wildman–Crippen LogP) is 0.984. The average molecular weight is 239 g/mol. The fourth-order valence-corrected chi connectivity index (χ4v) is 2.64. The largest absolute Gasteiger partial charge is 0.245 e. The zero-order chi connectivity index (χ0) is 12.2.